The van der Waals surface area contributed by atoms with Gasteiger partial charge in [0.2, 0.25) is 0 Å². The lowest BCUT2D eigenvalue weighted by atomic mass is 10.0. The van der Waals surface area contributed by atoms with Gasteiger partial charge in [-0.2, -0.15) is 5.26 Å². The van der Waals surface area contributed by atoms with Crippen LogP contribution in [0.15, 0.2) is 18.2 Å². The largest absolute Gasteiger partial charge is 0.477 e. The molecule has 0 spiro atoms. The molecule has 0 aliphatic carbocycles. The molecule has 2 heterocycles. The molecule has 0 fully saturated rings. The summed E-state index contributed by atoms with van der Waals surface area (Å²) in [6.45, 7) is 3.71. The lowest BCUT2D eigenvalue weighted by molar-refractivity contribution is 0.0701. The van der Waals surface area contributed by atoms with E-state index in [9.17, 15) is 9.90 Å². The summed E-state index contributed by atoms with van der Waals surface area (Å²) in [6.07, 6.45) is 1.17. The first-order valence-electron chi connectivity index (χ1n) is 7.20. The standard InChI is InChI=1S/C17H15N3O2S/c1-9-12(4-3-7-18)13-8-11(5-6-14(13)19-9)16-20-10(2)15(23-16)17(21)22/h5-6,8,19H,3-4H2,1-2H3,(H,21,22). The number of carboxylic acids is 1. The zero-order valence-electron chi connectivity index (χ0n) is 12.8. The number of fused-ring (bicyclic) bond motifs is 1. The Labute approximate surface area is 137 Å². The molecular weight excluding hydrogens is 310 g/mol. The predicted octanol–water partition coefficient (Wildman–Crippen LogP) is 4.06. The number of thiazole rings is 1. The molecule has 0 radical (unpaired) electrons. The smallest absolute Gasteiger partial charge is 0.347 e. The zero-order valence-corrected chi connectivity index (χ0v) is 13.6. The summed E-state index contributed by atoms with van der Waals surface area (Å²) in [6, 6.07) is 8.12. The molecule has 0 aliphatic heterocycles. The molecule has 2 aromatic heterocycles. The highest BCUT2D eigenvalue weighted by atomic mass is 32.1. The van der Waals surface area contributed by atoms with E-state index in [1.807, 2.05) is 25.1 Å². The maximum Gasteiger partial charge on any atom is 0.347 e. The summed E-state index contributed by atoms with van der Waals surface area (Å²) >= 11 is 1.19. The fraction of sp³-hybridized carbons (Fsp3) is 0.235. The second-order valence-corrected chi connectivity index (χ2v) is 6.38. The number of H-pyrrole nitrogens is 1. The van der Waals surface area contributed by atoms with Crippen molar-refractivity contribution in [2.75, 3.05) is 0 Å². The molecule has 2 N–H and O–H groups in total. The first kappa shape index (κ1) is 15.3. The number of hydrogen-bond acceptors (Lipinski definition) is 4. The van der Waals surface area contributed by atoms with Gasteiger partial charge in [-0.15, -0.1) is 11.3 Å². The molecule has 6 heteroatoms. The zero-order chi connectivity index (χ0) is 16.6. The van der Waals surface area contributed by atoms with Crippen molar-refractivity contribution in [3.63, 3.8) is 0 Å². The minimum absolute atomic E-state index is 0.273. The molecule has 0 bridgehead atoms. The van der Waals surface area contributed by atoms with Crippen LogP contribution in [0.3, 0.4) is 0 Å². The Hall–Kier alpha value is -2.65. The maximum atomic E-state index is 11.2. The molecule has 3 rings (SSSR count). The molecule has 0 atom stereocenters. The number of nitriles is 1. The normalized spacial score (nSPS) is 10.8. The van der Waals surface area contributed by atoms with Crippen LogP contribution in [0, 0.1) is 25.2 Å². The molecule has 0 saturated carbocycles. The topological polar surface area (TPSA) is 89.8 Å². The van der Waals surface area contributed by atoms with E-state index in [-0.39, 0.29) is 4.88 Å². The molecular formula is C17H15N3O2S. The Kier molecular flexibility index (Phi) is 3.89. The second kappa shape index (κ2) is 5.86. The van der Waals surface area contributed by atoms with Crippen LogP contribution in [0.25, 0.3) is 21.5 Å². The van der Waals surface area contributed by atoms with Gasteiger partial charge in [0.15, 0.2) is 0 Å². The summed E-state index contributed by atoms with van der Waals surface area (Å²) in [4.78, 5) is 19.2. The molecule has 0 amide bonds. The van der Waals surface area contributed by atoms with E-state index in [2.05, 4.69) is 16.0 Å². The quantitative estimate of drug-likeness (QED) is 0.757. The van der Waals surface area contributed by atoms with Crippen LogP contribution in [0.1, 0.15) is 33.0 Å². The van der Waals surface area contributed by atoms with Crippen LogP contribution in [0.4, 0.5) is 0 Å². The Bertz CT molecular complexity index is 947. The van der Waals surface area contributed by atoms with E-state index >= 15 is 0 Å². The van der Waals surface area contributed by atoms with Crippen molar-refractivity contribution in [3.8, 4) is 16.6 Å². The number of aryl methyl sites for hydroxylation is 3. The van der Waals surface area contributed by atoms with Gasteiger partial charge < -0.3 is 10.1 Å². The second-order valence-electron chi connectivity index (χ2n) is 5.39. The van der Waals surface area contributed by atoms with Crippen LogP contribution < -0.4 is 0 Å². The number of rotatable bonds is 4. The minimum atomic E-state index is -0.945. The van der Waals surface area contributed by atoms with Crippen LogP contribution in [-0.2, 0) is 6.42 Å². The van der Waals surface area contributed by atoms with E-state index in [0.29, 0.717) is 23.5 Å². The molecule has 0 unspecified atom stereocenters. The fourth-order valence-electron chi connectivity index (χ4n) is 2.74. The maximum absolute atomic E-state index is 11.2. The van der Waals surface area contributed by atoms with Crippen molar-refractivity contribution in [2.45, 2.75) is 26.7 Å². The number of benzene rings is 1. The third-order valence-corrected chi connectivity index (χ3v) is 5.04. The first-order chi connectivity index (χ1) is 11.0. The number of aromatic amines is 1. The van der Waals surface area contributed by atoms with Gasteiger partial charge in [0.1, 0.15) is 9.88 Å². The summed E-state index contributed by atoms with van der Waals surface area (Å²) in [5.41, 5.74) is 4.65. The van der Waals surface area contributed by atoms with Crippen LogP contribution in [0.5, 0.6) is 0 Å². The molecule has 0 saturated heterocycles. The minimum Gasteiger partial charge on any atom is -0.477 e. The highest BCUT2D eigenvalue weighted by molar-refractivity contribution is 7.17. The summed E-state index contributed by atoms with van der Waals surface area (Å²) in [7, 11) is 0. The van der Waals surface area contributed by atoms with Crippen molar-refractivity contribution in [1.82, 2.24) is 9.97 Å². The number of hydrogen-bond donors (Lipinski definition) is 2. The van der Waals surface area contributed by atoms with Gasteiger partial charge in [-0.25, -0.2) is 9.78 Å². The third-order valence-electron chi connectivity index (χ3n) is 3.84. The Morgan fingerprint density at radius 3 is 2.87 bits per heavy atom. The monoisotopic (exact) mass is 325 g/mol. The van der Waals surface area contributed by atoms with E-state index in [1.165, 1.54) is 11.3 Å². The van der Waals surface area contributed by atoms with Gasteiger partial charge in [0.05, 0.1) is 11.8 Å². The van der Waals surface area contributed by atoms with Crippen molar-refractivity contribution in [3.05, 3.63) is 40.0 Å². The molecule has 5 nitrogen and oxygen atoms in total. The molecule has 0 aliphatic rings. The SMILES string of the molecule is Cc1nc(-c2ccc3[nH]c(C)c(CCC#N)c3c2)sc1C(=O)O. The molecule has 3 aromatic rings. The highest BCUT2D eigenvalue weighted by Crippen LogP contribution is 2.32. The fourth-order valence-corrected chi connectivity index (χ4v) is 3.64. The van der Waals surface area contributed by atoms with Crippen molar-refractivity contribution >= 4 is 28.2 Å². The molecule has 1 aromatic carbocycles. The Balaban J connectivity index is 2.11. The van der Waals surface area contributed by atoms with Gasteiger partial charge in [-0.05, 0) is 44.0 Å². The lowest BCUT2D eigenvalue weighted by Gasteiger charge is -2.00. The highest BCUT2D eigenvalue weighted by Gasteiger charge is 2.16. The summed E-state index contributed by atoms with van der Waals surface area (Å²) in [5.74, 6) is -0.945. The van der Waals surface area contributed by atoms with Gasteiger partial charge in [0, 0.05) is 28.6 Å². The molecule has 23 heavy (non-hydrogen) atoms. The van der Waals surface area contributed by atoms with Crippen LogP contribution in [-0.4, -0.2) is 21.0 Å². The van der Waals surface area contributed by atoms with E-state index in [1.54, 1.807) is 6.92 Å². The Morgan fingerprint density at radius 2 is 2.22 bits per heavy atom. The van der Waals surface area contributed by atoms with Crippen LogP contribution >= 0.6 is 11.3 Å². The van der Waals surface area contributed by atoms with E-state index < -0.39 is 5.97 Å². The number of aromatic carboxylic acids is 1. The average molecular weight is 325 g/mol. The number of nitrogens with one attached hydrogen (secondary N) is 1. The first-order valence-corrected chi connectivity index (χ1v) is 8.02. The Morgan fingerprint density at radius 1 is 1.43 bits per heavy atom. The number of aromatic nitrogens is 2. The summed E-state index contributed by atoms with van der Waals surface area (Å²) < 4.78 is 0. The number of carboxylic acid groups (broad SMARTS) is 1. The lowest BCUT2D eigenvalue weighted by Crippen LogP contribution is -1.94. The van der Waals surface area contributed by atoms with Crippen molar-refractivity contribution < 1.29 is 9.90 Å². The van der Waals surface area contributed by atoms with E-state index in [4.69, 9.17) is 5.26 Å². The summed E-state index contributed by atoms with van der Waals surface area (Å²) in [5, 5.41) is 19.8. The van der Waals surface area contributed by atoms with Crippen LogP contribution in [0.2, 0.25) is 0 Å². The third kappa shape index (κ3) is 2.71. The van der Waals surface area contributed by atoms with E-state index in [0.717, 1.165) is 27.7 Å². The van der Waals surface area contributed by atoms with Crippen molar-refractivity contribution in [1.29, 1.82) is 5.26 Å². The molecule has 116 valence electrons. The predicted molar refractivity (Wildman–Crippen MR) is 89.8 cm³/mol. The average Bonchev–Trinajstić information content (AvgIpc) is 3.04. The van der Waals surface area contributed by atoms with Gasteiger partial charge >= 0.3 is 5.97 Å². The van der Waals surface area contributed by atoms with Gasteiger partial charge in [-0.3, -0.25) is 0 Å². The van der Waals surface area contributed by atoms with Gasteiger partial charge in [0.25, 0.3) is 0 Å². The number of nitrogens with zero attached hydrogens (tertiary/aromatic N) is 2. The number of carbonyl (C=O) groups is 1. The van der Waals surface area contributed by atoms with Gasteiger partial charge in [-0.1, -0.05) is 0 Å². The van der Waals surface area contributed by atoms with Crippen molar-refractivity contribution in [2.24, 2.45) is 0 Å².